The van der Waals surface area contributed by atoms with E-state index in [4.69, 9.17) is 16.1 Å². The van der Waals surface area contributed by atoms with Gasteiger partial charge in [0.15, 0.2) is 5.82 Å². The average molecular weight is 230 g/mol. The molecule has 2 heterocycles. The first-order valence-corrected chi connectivity index (χ1v) is 5.55. The topological polar surface area (TPSA) is 51.8 Å². The van der Waals surface area contributed by atoms with Gasteiger partial charge in [-0.3, -0.25) is 0 Å². The van der Waals surface area contributed by atoms with E-state index in [1.165, 1.54) is 11.3 Å². The molecule has 0 bridgehead atoms. The van der Waals surface area contributed by atoms with Crippen LogP contribution in [0, 0.1) is 0 Å². The van der Waals surface area contributed by atoms with Crippen LogP contribution in [0.3, 0.4) is 0 Å². The molecule has 0 radical (unpaired) electrons. The molecule has 2 rings (SSSR count). The minimum atomic E-state index is -0.189. The average Bonchev–Trinajstić information content (AvgIpc) is 2.86. The lowest BCUT2D eigenvalue weighted by Gasteiger charge is -1.95. The van der Waals surface area contributed by atoms with Crippen LogP contribution < -0.4 is 0 Å². The Morgan fingerprint density at radius 3 is 3.14 bits per heavy atom. The Morgan fingerprint density at radius 1 is 1.64 bits per heavy atom. The normalized spacial score (nSPS) is 13.0. The van der Waals surface area contributed by atoms with E-state index in [2.05, 4.69) is 15.1 Å². The smallest absolute Gasteiger partial charge is 0.277 e. The molecule has 0 aliphatic heterocycles. The Labute approximate surface area is 89.9 Å². The summed E-state index contributed by atoms with van der Waals surface area (Å²) >= 11 is 7.45. The lowest BCUT2D eigenvalue weighted by molar-refractivity contribution is 0.420. The van der Waals surface area contributed by atoms with Crippen molar-refractivity contribution in [1.29, 1.82) is 0 Å². The Morgan fingerprint density at radius 2 is 2.50 bits per heavy atom. The van der Waals surface area contributed by atoms with Gasteiger partial charge in [-0.25, -0.2) is 4.98 Å². The van der Waals surface area contributed by atoms with Crippen LogP contribution in [0.4, 0.5) is 0 Å². The van der Waals surface area contributed by atoms with Gasteiger partial charge in [0.1, 0.15) is 5.69 Å². The van der Waals surface area contributed by atoms with Crippen LogP contribution in [0.25, 0.3) is 11.6 Å². The summed E-state index contributed by atoms with van der Waals surface area (Å²) in [5.41, 5.74) is 2.42. The number of hydrogen-bond donors (Lipinski definition) is 0. The van der Waals surface area contributed by atoms with E-state index in [9.17, 15) is 0 Å². The quantitative estimate of drug-likeness (QED) is 0.760. The van der Waals surface area contributed by atoms with Crippen molar-refractivity contribution in [3.63, 3.8) is 0 Å². The van der Waals surface area contributed by atoms with E-state index < -0.39 is 0 Å². The predicted molar refractivity (Wildman–Crippen MR) is 54.3 cm³/mol. The van der Waals surface area contributed by atoms with E-state index in [0.29, 0.717) is 17.4 Å². The molecule has 1 atom stereocenters. The van der Waals surface area contributed by atoms with Gasteiger partial charge in [0, 0.05) is 5.38 Å². The standard InChI is InChI=1S/C8H8ClN3OS/c1-2-5(9)7-11-8(13-12-7)6-3-14-4-10-6/h3-5H,2H2,1H3. The van der Waals surface area contributed by atoms with Gasteiger partial charge in [0.25, 0.3) is 5.89 Å². The van der Waals surface area contributed by atoms with Crippen molar-refractivity contribution in [1.82, 2.24) is 15.1 Å². The summed E-state index contributed by atoms with van der Waals surface area (Å²) in [6, 6.07) is 0. The van der Waals surface area contributed by atoms with Crippen LogP contribution in [0.2, 0.25) is 0 Å². The molecular weight excluding hydrogens is 222 g/mol. The monoisotopic (exact) mass is 229 g/mol. The second kappa shape index (κ2) is 4.06. The molecule has 0 aliphatic carbocycles. The molecule has 0 N–H and O–H groups in total. The van der Waals surface area contributed by atoms with Crippen molar-refractivity contribution in [2.75, 3.05) is 0 Å². The molecule has 0 saturated heterocycles. The Balaban J connectivity index is 2.26. The van der Waals surface area contributed by atoms with Gasteiger partial charge in [-0.1, -0.05) is 12.1 Å². The molecule has 0 saturated carbocycles. The third-order valence-electron chi connectivity index (χ3n) is 1.73. The fourth-order valence-electron chi connectivity index (χ4n) is 0.967. The molecule has 1 unspecified atom stereocenters. The zero-order valence-corrected chi connectivity index (χ0v) is 9.05. The van der Waals surface area contributed by atoms with Crippen LogP contribution >= 0.6 is 22.9 Å². The second-order valence-corrected chi connectivity index (χ2v) is 3.95. The van der Waals surface area contributed by atoms with E-state index in [0.717, 1.165) is 6.42 Å². The molecule has 0 fully saturated rings. The molecule has 2 aromatic rings. The van der Waals surface area contributed by atoms with E-state index in [1.54, 1.807) is 5.51 Å². The zero-order chi connectivity index (χ0) is 9.97. The maximum absolute atomic E-state index is 5.96. The number of hydrogen-bond acceptors (Lipinski definition) is 5. The molecule has 0 aliphatic rings. The number of halogens is 1. The van der Waals surface area contributed by atoms with Crippen molar-refractivity contribution in [2.45, 2.75) is 18.7 Å². The highest BCUT2D eigenvalue weighted by Crippen LogP contribution is 2.24. The fourth-order valence-corrected chi connectivity index (χ4v) is 1.58. The molecule has 4 nitrogen and oxygen atoms in total. The summed E-state index contributed by atoms with van der Waals surface area (Å²) in [4.78, 5) is 8.22. The first-order valence-electron chi connectivity index (χ1n) is 4.17. The maximum Gasteiger partial charge on any atom is 0.277 e. The van der Waals surface area contributed by atoms with Crippen molar-refractivity contribution < 1.29 is 4.52 Å². The van der Waals surface area contributed by atoms with Gasteiger partial charge in [0.2, 0.25) is 0 Å². The largest absolute Gasteiger partial charge is 0.332 e. The molecule has 6 heteroatoms. The fraction of sp³-hybridized carbons (Fsp3) is 0.375. The van der Waals surface area contributed by atoms with Gasteiger partial charge < -0.3 is 4.52 Å². The minimum Gasteiger partial charge on any atom is -0.332 e. The summed E-state index contributed by atoms with van der Waals surface area (Å²) in [7, 11) is 0. The van der Waals surface area contributed by atoms with Crippen molar-refractivity contribution in [2.24, 2.45) is 0 Å². The lowest BCUT2D eigenvalue weighted by atomic mass is 10.3. The van der Waals surface area contributed by atoms with Gasteiger partial charge in [-0.2, -0.15) is 4.98 Å². The highest BCUT2D eigenvalue weighted by Gasteiger charge is 2.15. The van der Waals surface area contributed by atoms with Crippen molar-refractivity contribution >= 4 is 22.9 Å². The molecule has 2 aromatic heterocycles. The lowest BCUT2D eigenvalue weighted by Crippen LogP contribution is -1.90. The Hall–Kier alpha value is -0.940. The van der Waals surface area contributed by atoms with Crippen LogP contribution in [-0.4, -0.2) is 15.1 Å². The Bertz CT molecular complexity index is 400. The van der Waals surface area contributed by atoms with Gasteiger partial charge >= 0.3 is 0 Å². The molecule has 0 spiro atoms. The van der Waals surface area contributed by atoms with Crippen molar-refractivity contribution in [3.05, 3.63) is 16.7 Å². The summed E-state index contributed by atoms with van der Waals surface area (Å²) in [6.07, 6.45) is 0.775. The molecule has 0 aromatic carbocycles. The summed E-state index contributed by atoms with van der Waals surface area (Å²) in [5, 5.41) is 5.45. The van der Waals surface area contributed by atoms with Crippen LogP contribution in [-0.2, 0) is 0 Å². The first kappa shape index (κ1) is 9.61. The number of thiazole rings is 1. The summed E-state index contributed by atoms with van der Waals surface area (Å²) in [6.45, 7) is 1.97. The highest BCUT2D eigenvalue weighted by atomic mass is 35.5. The summed E-state index contributed by atoms with van der Waals surface area (Å²) < 4.78 is 5.03. The highest BCUT2D eigenvalue weighted by molar-refractivity contribution is 7.07. The van der Waals surface area contributed by atoms with E-state index in [-0.39, 0.29) is 5.38 Å². The number of alkyl halides is 1. The predicted octanol–water partition coefficient (Wildman–Crippen LogP) is 2.88. The maximum atomic E-state index is 5.96. The van der Waals surface area contributed by atoms with Gasteiger partial charge in [-0.15, -0.1) is 22.9 Å². The van der Waals surface area contributed by atoms with E-state index in [1.807, 2.05) is 12.3 Å². The molecular formula is C8H8ClN3OS. The number of nitrogens with zero attached hydrogens (tertiary/aromatic N) is 3. The minimum absolute atomic E-state index is 0.189. The number of rotatable bonds is 3. The molecule has 74 valence electrons. The molecule has 0 amide bonds. The van der Waals surface area contributed by atoms with Gasteiger partial charge in [0.05, 0.1) is 10.9 Å². The molecule has 14 heavy (non-hydrogen) atoms. The second-order valence-electron chi connectivity index (χ2n) is 2.71. The third kappa shape index (κ3) is 1.78. The van der Waals surface area contributed by atoms with Crippen LogP contribution in [0.5, 0.6) is 0 Å². The first-order chi connectivity index (χ1) is 6.81. The van der Waals surface area contributed by atoms with Crippen LogP contribution in [0.1, 0.15) is 24.5 Å². The van der Waals surface area contributed by atoms with Crippen LogP contribution in [0.15, 0.2) is 15.4 Å². The third-order valence-corrected chi connectivity index (χ3v) is 2.82. The van der Waals surface area contributed by atoms with Gasteiger partial charge in [-0.05, 0) is 6.42 Å². The zero-order valence-electron chi connectivity index (χ0n) is 7.48. The Kier molecular flexibility index (Phi) is 2.79. The van der Waals surface area contributed by atoms with Crippen molar-refractivity contribution in [3.8, 4) is 11.6 Å². The SMILES string of the molecule is CCC(Cl)c1noc(-c2cscn2)n1. The van der Waals surface area contributed by atoms with E-state index >= 15 is 0 Å². The summed E-state index contributed by atoms with van der Waals surface area (Å²) in [5.74, 6) is 0.956. The number of aromatic nitrogens is 3.